The fourth-order valence-corrected chi connectivity index (χ4v) is 3.99. The molecular weight excluding hydrogens is 434 g/mol. The van der Waals surface area contributed by atoms with Crippen LogP contribution in [0.3, 0.4) is 0 Å². The zero-order chi connectivity index (χ0) is 21.9. The first kappa shape index (κ1) is 21.4. The molecule has 3 rings (SSSR count). The number of nitrogens with zero attached hydrogens (tertiary/aromatic N) is 3. The summed E-state index contributed by atoms with van der Waals surface area (Å²) in [6.07, 6.45) is 2.90. The van der Waals surface area contributed by atoms with Crippen molar-refractivity contribution >= 4 is 50.4 Å². The van der Waals surface area contributed by atoms with Crippen LogP contribution in [-0.4, -0.2) is 59.0 Å². The number of aromatic nitrogens is 1. The Morgan fingerprint density at radius 3 is 2.67 bits per heavy atom. The van der Waals surface area contributed by atoms with E-state index < -0.39 is 34.2 Å². The molecule has 30 heavy (non-hydrogen) atoms. The van der Waals surface area contributed by atoms with Gasteiger partial charge in [-0.3, -0.25) is 14.1 Å². The van der Waals surface area contributed by atoms with Crippen molar-refractivity contribution in [2.45, 2.75) is 5.54 Å². The average Bonchev–Trinajstić information content (AvgIpc) is 3.13. The number of thiazole rings is 1. The summed E-state index contributed by atoms with van der Waals surface area (Å²) >= 11 is 1.07. The number of benzene rings is 1. The molecule has 1 aliphatic heterocycles. The summed E-state index contributed by atoms with van der Waals surface area (Å²) in [6.45, 7) is -0.501. The number of hydrogen-bond acceptors (Lipinski definition) is 9. The summed E-state index contributed by atoms with van der Waals surface area (Å²) in [4.78, 5) is 34.1. The van der Waals surface area contributed by atoms with Crippen LogP contribution in [0.4, 0.5) is 5.13 Å². The van der Waals surface area contributed by atoms with Crippen LogP contribution in [-0.2, 0) is 24.7 Å². The van der Waals surface area contributed by atoms with Crippen LogP contribution in [0.15, 0.2) is 46.9 Å². The van der Waals surface area contributed by atoms with E-state index in [-0.39, 0.29) is 20.8 Å². The van der Waals surface area contributed by atoms with Gasteiger partial charge < -0.3 is 15.9 Å². The molecule has 1 saturated heterocycles. The van der Waals surface area contributed by atoms with Crippen molar-refractivity contribution in [3.63, 3.8) is 0 Å². The van der Waals surface area contributed by atoms with E-state index in [2.05, 4.69) is 20.3 Å². The van der Waals surface area contributed by atoms with Gasteiger partial charge in [0.25, 0.3) is 11.8 Å². The van der Waals surface area contributed by atoms with Crippen LogP contribution < -0.4 is 11.1 Å². The molecule has 2 heterocycles. The predicted molar refractivity (Wildman–Crippen MR) is 110 cm³/mol. The van der Waals surface area contributed by atoms with E-state index >= 15 is 0 Å². The maximum atomic E-state index is 12.8. The van der Waals surface area contributed by atoms with Crippen molar-refractivity contribution in [1.82, 2.24) is 14.6 Å². The Kier molecular flexibility index (Phi) is 5.87. The van der Waals surface area contributed by atoms with Gasteiger partial charge in [0.1, 0.15) is 12.8 Å². The minimum atomic E-state index is -4.77. The SMILES string of the molecule is CON=C(C(=O)NC1(C=Cc2ccccc2)CN(S(=O)(=O)O)C1=O)c1csc(N)n1. The van der Waals surface area contributed by atoms with E-state index in [1.54, 1.807) is 36.4 Å². The van der Waals surface area contributed by atoms with E-state index in [0.717, 1.165) is 11.3 Å². The van der Waals surface area contributed by atoms with E-state index in [0.29, 0.717) is 5.56 Å². The topological polar surface area (TPSA) is 164 Å². The monoisotopic (exact) mass is 451 g/mol. The number of nitrogens with two attached hydrogens (primary N) is 1. The van der Waals surface area contributed by atoms with Gasteiger partial charge in [0.15, 0.2) is 16.4 Å². The molecule has 0 bridgehead atoms. The smallest absolute Gasteiger partial charge is 0.362 e. The third kappa shape index (κ3) is 4.32. The number of rotatable bonds is 7. The van der Waals surface area contributed by atoms with Gasteiger partial charge in [-0.05, 0) is 11.6 Å². The number of carbonyl (C=O) groups is 2. The number of hydrogen-bond donors (Lipinski definition) is 3. The molecule has 0 saturated carbocycles. The third-order valence-electron chi connectivity index (χ3n) is 4.14. The highest BCUT2D eigenvalue weighted by atomic mass is 32.2. The van der Waals surface area contributed by atoms with E-state index in [1.807, 2.05) is 0 Å². The van der Waals surface area contributed by atoms with Gasteiger partial charge in [0.05, 0.1) is 6.54 Å². The lowest BCUT2D eigenvalue weighted by Crippen LogP contribution is -2.74. The molecular formula is C17H17N5O6S2. The molecule has 0 spiro atoms. The molecule has 1 unspecified atom stereocenters. The van der Waals surface area contributed by atoms with E-state index in [1.165, 1.54) is 18.6 Å². The van der Waals surface area contributed by atoms with Crippen LogP contribution >= 0.6 is 11.3 Å². The molecule has 1 aliphatic rings. The number of carbonyl (C=O) groups excluding carboxylic acids is 2. The number of anilines is 1. The van der Waals surface area contributed by atoms with Crippen LogP contribution in [0.25, 0.3) is 6.08 Å². The summed E-state index contributed by atoms with van der Waals surface area (Å²) in [5.74, 6) is -1.87. The zero-order valence-corrected chi connectivity index (χ0v) is 17.2. The minimum absolute atomic E-state index is 0.123. The van der Waals surface area contributed by atoms with Gasteiger partial charge in [-0.2, -0.15) is 8.42 Å². The summed E-state index contributed by atoms with van der Waals surface area (Å²) in [5.41, 5.74) is 4.45. The first-order chi connectivity index (χ1) is 14.2. The first-order valence-corrected chi connectivity index (χ1v) is 10.6. The zero-order valence-electron chi connectivity index (χ0n) is 15.5. The maximum Gasteiger partial charge on any atom is 0.362 e. The summed E-state index contributed by atoms with van der Waals surface area (Å²) in [6, 6.07) is 8.86. The highest BCUT2D eigenvalue weighted by molar-refractivity contribution is 7.84. The molecule has 1 aromatic heterocycles. The van der Waals surface area contributed by atoms with Gasteiger partial charge in [0, 0.05) is 5.38 Å². The van der Waals surface area contributed by atoms with Gasteiger partial charge in [-0.25, -0.2) is 9.29 Å². The summed E-state index contributed by atoms with van der Waals surface area (Å²) < 4.78 is 32.2. The second-order valence-corrected chi connectivity index (χ2v) is 8.38. The lowest BCUT2D eigenvalue weighted by atomic mass is 9.89. The number of nitrogens with one attached hydrogen (secondary N) is 1. The Labute approximate surface area is 175 Å². The Morgan fingerprint density at radius 2 is 2.13 bits per heavy atom. The van der Waals surface area contributed by atoms with E-state index in [9.17, 15) is 22.6 Å². The van der Waals surface area contributed by atoms with Gasteiger partial charge in [0.2, 0.25) is 0 Å². The maximum absolute atomic E-state index is 12.8. The fourth-order valence-electron chi connectivity index (χ4n) is 2.70. The quantitative estimate of drug-likeness (QED) is 0.234. The number of oxime groups is 1. The van der Waals surface area contributed by atoms with Crippen LogP contribution in [0.1, 0.15) is 11.3 Å². The Bertz CT molecular complexity index is 1130. The normalized spacial score (nSPS) is 19.6. The highest BCUT2D eigenvalue weighted by Gasteiger charge is 2.56. The third-order valence-corrected chi connectivity index (χ3v) is 5.66. The highest BCUT2D eigenvalue weighted by Crippen LogP contribution is 2.28. The minimum Gasteiger partial charge on any atom is -0.398 e. The van der Waals surface area contributed by atoms with Gasteiger partial charge >= 0.3 is 10.3 Å². The van der Waals surface area contributed by atoms with E-state index in [4.69, 9.17) is 5.73 Å². The molecule has 11 nitrogen and oxygen atoms in total. The second-order valence-electron chi connectivity index (χ2n) is 6.15. The molecule has 4 N–H and O–H groups in total. The molecule has 13 heteroatoms. The molecule has 1 atom stereocenters. The molecule has 2 amide bonds. The molecule has 158 valence electrons. The van der Waals surface area contributed by atoms with Crippen molar-refractivity contribution < 1.29 is 27.4 Å². The molecule has 1 fully saturated rings. The van der Waals surface area contributed by atoms with Crippen LogP contribution in [0.2, 0.25) is 0 Å². The van der Waals surface area contributed by atoms with Crippen molar-refractivity contribution in [3.05, 3.63) is 53.0 Å². The molecule has 2 aromatic rings. The Morgan fingerprint density at radius 1 is 1.43 bits per heavy atom. The molecule has 0 aliphatic carbocycles. The van der Waals surface area contributed by atoms with Crippen molar-refractivity contribution in [2.75, 3.05) is 19.4 Å². The molecule has 1 aromatic carbocycles. The first-order valence-electron chi connectivity index (χ1n) is 8.35. The van der Waals surface area contributed by atoms with Crippen LogP contribution in [0.5, 0.6) is 0 Å². The van der Waals surface area contributed by atoms with Gasteiger partial charge in [-0.15, -0.1) is 11.3 Å². The lowest BCUT2D eigenvalue weighted by Gasteiger charge is -2.44. The Balaban J connectivity index is 1.93. The van der Waals surface area contributed by atoms with Crippen molar-refractivity contribution in [1.29, 1.82) is 0 Å². The van der Waals surface area contributed by atoms with Gasteiger partial charge in [-0.1, -0.05) is 41.6 Å². The van der Waals surface area contributed by atoms with Crippen molar-refractivity contribution in [2.24, 2.45) is 5.16 Å². The summed E-state index contributed by atoms with van der Waals surface area (Å²) in [7, 11) is -3.54. The number of β-lactam (4-membered cyclic amide) rings is 1. The summed E-state index contributed by atoms with van der Waals surface area (Å²) in [5, 5.41) is 7.77. The van der Waals surface area contributed by atoms with Crippen molar-refractivity contribution in [3.8, 4) is 0 Å². The molecule has 0 radical (unpaired) electrons. The lowest BCUT2D eigenvalue weighted by molar-refractivity contribution is -0.144. The second kappa shape index (κ2) is 8.22. The standard InChI is InChI=1S/C17H17N5O6S2/c1-28-21-13(12-9-29-16(18)19-12)14(23)20-17(8-7-11-5-3-2-4-6-11)10-22(15(17)24)30(25,26)27/h2-9H,10H2,1H3,(H2,18,19)(H,20,23)(H,25,26,27). The Hall–Kier alpha value is -3.29. The average molecular weight is 451 g/mol. The largest absolute Gasteiger partial charge is 0.398 e. The fraction of sp³-hybridized carbons (Fsp3) is 0.176. The predicted octanol–water partition coefficient (Wildman–Crippen LogP) is 0.289. The number of nitrogen functional groups attached to an aromatic ring is 1. The number of amides is 2. The van der Waals surface area contributed by atoms with Crippen LogP contribution in [0, 0.1) is 0 Å².